The first kappa shape index (κ1) is 23.9. The van der Waals surface area contributed by atoms with E-state index in [1.165, 1.54) is 37.3 Å². The van der Waals surface area contributed by atoms with Crippen molar-refractivity contribution in [2.24, 2.45) is 11.8 Å². The zero-order valence-electron chi connectivity index (χ0n) is 19.5. The summed E-state index contributed by atoms with van der Waals surface area (Å²) in [5, 5.41) is 0. The van der Waals surface area contributed by atoms with Crippen molar-refractivity contribution >= 4 is 6.08 Å². The molecule has 0 spiro atoms. The van der Waals surface area contributed by atoms with Crippen molar-refractivity contribution in [2.45, 2.75) is 70.1 Å². The summed E-state index contributed by atoms with van der Waals surface area (Å²) >= 11 is 0. The minimum atomic E-state index is -0.846. The Morgan fingerprint density at radius 2 is 1.39 bits per heavy atom. The molecular formula is C29H35F3O. The van der Waals surface area contributed by atoms with Crippen molar-refractivity contribution in [2.75, 3.05) is 13.3 Å². The number of ether oxygens (including phenoxy) is 1. The summed E-state index contributed by atoms with van der Waals surface area (Å²) in [5.74, 6) is 0.597. The van der Waals surface area contributed by atoms with Crippen LogP contribution in [0.1, 0.15) is 86.8 Å². The van der Waals surface area contributed by atoms with Crippen LogP contribution in [0, 0.1) is 23.5 Å². The lowest BCUT2D eigenvalue weighted by molar-refractivity contribution is 0.176. The second-order valence-electron chi connectivity index (χ2n) is 9.66. The molecule has 0 amide bonds. The fourth-order valence-electron chi connectivity index (χ4n) is 6.01. The highest BCUT2D eigenvalue weighted by Crippen LogP contribution is 2.46. The van der Waals surface area contributed by atoms with Gasteiger partial charge in [-0.2, -0.15) is 4.39 Å². The number of rotatable bonds is 7. The molecule has 2 fully saturated rings. The molecule has 33 heavy (non-hydrogen) atoms. The van der Waals surface area contributed by atoms with E-state index in [2.05, 4.69) is 24.3 Å². The van der Waals surface area contributed by atoms with Gasteiger partial charge in [0.2, 0.25) is 5.82 Å². The van der Waals surface area contributed by atoms with Crippen molar-refractivity contribution < 1.29 is 17.9 Å². The molecule has 2 aliphatic rings. The van der Waals surface area contributed by atoms with Crippen LogP contribution in [0.5, 0.6) is 5.75 Å². The number of allylic oxidation sites excluding steroid dienone is 1. The minimum Gasteiger partial charge on any atom is -0.491 e. The second kappa shape index (κ2) is 11.3. The summed E-state index contributed by atoms with van der Waals surface area (Å²) in [6.45, 7) is 1.66. The SMILES string of the molecule is CCOc1ccc(C2CCC(C3CCC(c4ccc(C=CCF)cc4)CC3)CC2)c(F)c1F. The average molecular weight is 457 g/mol. The molecule has 0 atom stereocenters. The van der Waals surface area contributed by atoms with Crippen molar-refractivity contribution in [1.82, 2.24) is 0 Å². The van der Waals surface area contributed by atoms with Gasteiger partial charge >= 0.3 is 0 Å². The zero-order valence-corrected chi connectivity index (χ0v) is 19.5. The highest BCUT2D eigenvalue weighted by molar-refractivity contribution is 5.50. The minimum absolute atomic E-state index is 0.00931. The lowest BCUT2D eigenvalue weighted by Crippen LogP contribution is -2.25. The maximum Gasteiger partial charge on any atom is 0.200 e. The first-order chi connectivity index (χ1) is 16.1. The maximum absolute atomic E-state index is 14.6. The molecule has 0 N–H and O–H groups in total. The van der Waals surface area contributed by atoms with Crippen molar-refractivity contribution in [3.05, 3.63) is 70.8 Å². The molecule has 0 heterocycles. The molecule has 4 heteroatoms. The summed E-state index contributed by atoms with van der Waals surface area (Å²) in [7, 11) is 0. The molecule has 0 saturated heterocycles. The maximum atomic E-state index is 14.6. The molecule has 2 aromatic rings. The number of hydrogen-bond donors (Lipinski definition) is 0. The van der Waals surface area contributed by atoms with Crippen molar-refractivity contribution in [3.63, 3.8) is 0 Å². The fraction of sp³-hybridized carbons (Fsp3) is 0.517. The largest absolute Gasteiger partial charge is 0.491 e. The van der Waals surface area contributed by atoms with E-state index in [0.717, 1.165) is 37.2 Å². The molecule has 0 radical (unpaired) electrons. The fourth-order valence-corrected chi connectivity index (χ4v) is 6.01. The van der Waals surface area contributed by atoms with Crippen molar-refractivity contribution in [1.29, 1.82) is 0 Å². The monoisotopic (exact) mass is 456 g/mol. The van der Waals surface area contributed by atoms with Crippen LogP contribution in [-0.4, -0.2) is 13.3 Å². The van der Waals surface area contributed by atoms with Crippen LogP contribution in [0.4, 0.5) is 13.2 Å². The topological polar surface area (TPSA) is 9.23 Å². The molecule has 2 aromatic carbocycles. The summed E-state index contributed by atoms with van der Waals surface area (Å²) in [4.78, 5) is 0. The third-order valence-corrected chi connectivity index (χ3v) is 7.83. The van der Waals surface area contributed by atoms with Gasteiger partial charge in [0.1, 0.15) is 6.67 Å². The van der Waals surface area contributed by atoms with Crippen LogP contribution in [0.25, 0.3) is 6.08 Å². The molecule has 0 aromatic heterocycles. The number of benzene rings is 2. The molecule has 178 valence electrons. The molecule has 1 nitrogen and oxygen atoms in total. The highest BCUT2D eigenvalue weighted by Gasteiger charge is 2.33. The van der Waals surface area contributed by atoms with Crippen molar-refractivity contribution in [3.8, 4) is 5.75 Å². The quantitative estimate of drug-likeness (QED) is 0.405. The van der Waals surface area contributed by atoms with Gasteiger partial charge in [-0.1, -0.05) is 42.5 Å². The third kappa shape index (κ3) is 5.65. The molecule has 4 rings (SSSR count). The standard InChI is InChI=1S/C29H35F3O/c1-2-33-27-18-17-26(28(31)29(27)32)25-15-13-24(14-16-25)23-11-9-22(10-12-23)21-7-5-20(6-8-21)4-3-19-30/h3-8,17-18,22-25H,2,9-16,19H2,1H3. The second-order valence-corrected chi connectivity index (χ2v) is 9.66. The smallest absolute Gasteiger partial charge is 0.200 e. The Bertz CT molecular complexity index is 921. The molecule has 2 saturated carbocycles. The molecular weight excluding hydrogens is 421 g/mol. The van der Waals surface area contributed by atoms with E-state index in [1.54, 1.807) is 19.1 Å². The van der Waals surface area contributed by atoms with E-state index in [-0.39, 0.29) is 11.7 Å². The van der Waals surface area contributed by atoms with E-state index >= 15 is 0 Å². The number of hydrogen-bond acceptors (Lipinski definition) is 1. The van der Waals surface area contributed by atoms with Gasteiger partial charge in [-0.3, -0.25) is 0 Å². The summed E-state index contributed by atoms with van der Waals surface area (Å²) in [6.07, 6.45) is 12.3. The van der Waals surface area contributed by atoms with Crippen LogP contribution >= 0.6 is 0 Å². The zero-order chi connectivity index (χ0) is 23.2. The van der Waals surface area contributed by atoms with Gasteiger partial charge in [0.15, 0.2) is 11.6 Å². The van der Waals surface area contributed by atoms with E-state index in [0.29, 0.717) is 24.0 Å². The first-order valence-electron chi connectivity index (χ1n) is 12.5. The Morgan fingerprint density at radius 1 is 0.788 bits per heavy atom. The Morgan fingerprint density at radius 3 is 1.97 bits per heavy atom. The average Bonchev–Trinajstić information content (AvgIpc) is 2.86. The van der Waals surface area contributed by atoms with Gasteiger partial charge in [-0.05, 0) is 105 Å². The Kier molecular flexibility index (Phi) is 8.16. The molecule has 0 unspecified atom stereocenters. The number of alkyl halides is 1. The third-order valence-electron chi connectivity index (χ3n) is 7.83. The Balaban J connectivity index is 1.28. The van der Waals surface area contributed by atoms with E-state index in [4.69, 9.17) is 4.74 Å². The van der Waals surface area contributed by atoms with Gasteiger partial charge in [0, 0.05) is 0 Å². The molecule has 0 bridgehead atoms. The van der Waals surface area contributed by atoms with E-state index < -0.39 is 18.3 Å². The predicted molar refractivity (Wildman–Crippen MR) is 128 cm³/mol. The summed E-state index contributed by atoms with van der Waals surface area (Å²) in [5.41, 5.74) is 2.95. The highest BCUT2D eigenvalue weighted by atomic mass is 19.2. The van der Waals surface area contributed by atoms with Gasteiger partial charge in [-0.25, -0.2) is 8.78 Å². The lowest BCUT2D eigenvalue weighted by Gasteiger charge is -2.38. The van der Waals surface area contributed by atoms with E-state index in [1.807, 2.05) is 6.08 Å². The van der Waals surface area contributed by atoms with Crippen LogP contribution in [0.2, 0.25) is 0 Å². The van der Waals surface area contributed by atoms with Crippen LogP contribution in [0.3, 0.4) is 0 Å². The molecule has 0 aliphatic heterocycles. The van der Waals surface area contributed by atoms with E-state index in [9.17, 15) is 13.2 Å². The van der Waals surface area contributed by atoms with Gasteiger partial charge in [-0.15, -0.1) is 0 Å². The normalized spacial score (nSPS) is 25.9. The first-order valence-corrected chi connectivity index (χ1v) is 12.5. The Hall–Kier alpha value is -2.23. The summed E-state index contributed by atoms with van der Waals surface area (Å²) in [6, 6.07) is 11.8. The van der Waals surface area contributed by atoms with Gasteiger partial charge in [0.05, 0.1) is 6.61 Å². The van der Waals surface area contributed by atoms with Crippen LogP contribution < -0.4 is 4.74 Å². The molecule has 2 aliphatic carbocycles. The Labute approximate surface area is 196 Å². The van der Waals surface area contributed by atoms with Crippen LogP contribution in [-0.2, 0) is 0 Å². The predicted octanol–water partition coefficient (Wildman–Crippen LogP) is 8.59. The van der Waals surface area contributed by atoms with Crippen LogP contribution in [0.15, 0.2) is 42.5 Å². The van der Waals surface area contributed by atoms with Gasteiger partial charge in [0.25, 0.3) is 0 Å². The number of halogens is 3. The summed E-state index contributed by atoms with van der Waals surface area (Å²) < 4.78 is 46.4. The lowest BCUT2D eigenvalue weighted by atomic mass is 9.67. The van der Waals surface area contributed by atoms with Gasteiger partial charge < -0.3 is 4.74 Å².